The number of nitrogens with one attached hydrogen (secondary N) is 4. The summed E-state index contributed by atoms with van der Waals surface area (Å²) >= 11 is 0. The largest absolute Gasteiger partial charge is 0.481 e. The normalized spacial score (nSPS) is 13.6. The standard InChI is InChI=1S/C15H22N6O7/c1-7(15(27)28)19-13(25)9(2-8-5-17-6-18-8)21-14(26)10(3-12(23)24)20-11(22)4-16/h5-7,9-10H,2-4,16H2,1H3,(H,17,18)(H,19,25)(H,20,22)(H,21,26)(H,23,24)(H,27,28). The van der Waals surface area contributed by atoms with Gasteiger partial charge in [0.05, 0.1) is 19.3 Å². The molecule has 0 saturated carbocycles. The smallest absolute Gasteiger partial charge is 0.325 e. The number of carbonyl (C=O) groups is 5. The number of carbonyl (C=O) groups excluding carboxylic acids is 3. The van der Waals surface area contributed by atoms with Crippen molar-refractivity contribution in [2.75, 3.05) is 6.54 Å². The van der Waals surface area contributed by atoms with Gasteiger partial charge in [0.1, 0.15) is 18.1 Å². The van der Waals surface area contributed by atoms with Crippen LogP contribution in [0.1, 0.15) is 19.0 Å². The van der Waals surface area contributed by atoms with Crippen molar-refractivity contribution < 1.29 is 34.2 Å². The molecule has 1 rings (SSSR count). The van der Waals surface area contributed by atoms with Crippen LogP contribution in [0.25, 0.3) is 0 Å². The number of carboxylic acid groups (broad SMARTS) is 2. The highest BCUT2D eigenvalue weighted by Gasteiger charge is 2.29. The highest BCUT2D eigenvalue weighted by atomic mass is 16.4. The van der Waals surface area contributed by atoms with E-state index in [-0.39, 0.29) is 6.42 Å². The molecule has 154 valence electrons. The summed E-state index contributed by atoms with van der Waals surface area (Å²) < 4.78 is 0. The Labute approximate surface area is 159 Å². The van der Waals surface area contributed by atoms with Crippen molar-refractivity contribution in [3.63, 3.8) is 0 Å². The molecule has 0 aromatic carbocycles. The van der Waals surface area contributed by atoms with Gasteiger partial charge in [-0.3, -0.25) is 24.0 Å². The number of nitrogens with two attached hydrogens (primary N) is 1. The Hall–Kier alpha value is -3.48. The van der Waals surface area contributed by atoms with E-state index in [2.05, 4.69) is 25.9 Å². The Morgan fingerprint density at radius 3 is 2.25 bits per heavy atom. The fourth-order valence-electron chi connectivity index (χ4n) is 2.11. The molecule has 0 saturated heterocycles. The van der Waals surface area contributed by atoms with Gasteiger partial charge in [-0.05, 0) is 6.92 Å². The summed E-state index contributed by atoms with van der Waals surface area (Å²) in [5, 5.41) is 24.5. The first-order valence-electron chi connectivity index (χ1n) is 8.16. The molecule has 13 nitrogen and oxygen atoms in total. The maximum Gasteiger partial charge on any atom is 0.325 e. The van der Waals surface area contributed by atoms with Gasteiger partial charge in [0, 0.05) is 18.3 Å². The molecule has 0 bridgehead atoms. The predicted octanol–water partition coefficient (Wildman–Crippen LogP) is -3.06. The van der Waals surface area contributed by atoms with E-state index in [1.54, 1.807) is 0 Å². The second-order valence-corrected chi connectivity index (χ2v) is 5.83. The van der Waals surface area contributed by atoms with Crippen LogP contribution in [-0.4, -0.2) is 74.5 Å². The average molecular weight is 398 g/mol. The maximum atomic E-state index is 12.4. The first-order valence-corrected chi connectivity index (χ1v) is 8.16. The minimum atomic E-state index is -1.47. The summed E-state index contributed by atoms with van der Waals surface area (Å²) in [6, 6.07) is -3.94. The first kappa shape index (κ1) is 22.6. The van der Waals surface area contributed by atoms with Crippen molar-refractivity contribution in [1.82, 2.24) is 25.9 Å². The molecule has 0 aliphatic carbocycles. The summed E-state index contributed by atoms with van der Waals surface area (Å²) in [6.07, 6.45) is 1.94. The molecular weight excluding hydrogens is 376 g/mol. The zero-order valence-corrected chi connectivity index (χ0v) is 15.0. The van der Waals surface area contributed by atoms with Gasteiger partial charge in [-0.15, -0.1) is 0 Å². The van der Waals surface area contributed by atoms with Crippen LogP contribution >= 0.6 is 0 Å². The second kappa shape index (κ2) is 10.6. The number of aromatic nitrogens is 2. The number of aliphatic carboxylic acids is 2. The number of nitrogens with zero attached hydrogens (tertiary/aromatic N) is 1. The van der Waals surface area contributed by atoms with E-state index in [1.165, 1.54) is 19.4 Å². The third-order valence-electron chi connectivity index (χ3n) is 3.56. The van der Waals surface area contributed by atoms with Crippen molar-refractivity contribution in [2.24, 2.45) is 5.73 Å². The van der Waals surface area contributed by atoms with E-state index in [9.17, 15) is 24.0 Å². The third-order valence-corrected chi connectivity index (χ3v) is 3.56. The summed E-state index contributed by atoms with van der Waals surface area (Å²) in [5.41, 5.74) is 5.61. The molecular formula is C15H22N6O7. The predicted molar refractivity (Wildman–Crippen MR) is 92.7 cm³/mol. The SMILES string of the molecule is CC(NC(=O)C(Cc1cnc[nH]1)NC(=O)C(CC(=O)O)NC(=O)CN)C(=O)O. The summed E-state index contributed by atoms with van der Waals surface area (Å²) in [5.74, 6) is -5.13. The van der Waals surface area contributed by atoms with Gasteiger partial charge in [0.2, 0.25) is 17.7 Å². The van der Waals surface area contributed by atoms with Crippen molar-refractivity contribution in [3.8, 4) is 0 Å². The van der Waals surface area contributed by atoms with Crippen LogP contribution in [0, 0.1) is 0 Å². The van der Waals surface area contributed by atoms with Gasteiger partial charge in [-0.25, -0.2) is 4.98 Å². The number of carboxylic acids is 2. The molecule has 3 unspecified atom stereocenters. The molecule has 1 aromatic heterocycles. The Balaban J connectivity index is 2.95. The lowest BCUT2D eigenvalue weighted by atomic mass is 10.1. The Kier molecular flexibility index (Phi) is 8.55. The monoisotopic (exact) mass is 398 g/mol. The van der Waals surface area contributed by atoms with Crippen LogP contribution in [0.4, 0.5) is 0 Å². The molecule has 28 heavy (non-hydrogen) atoms. The van der Waals surface area contributed by atoms with Crippen molar-refractivity contribution in [1.29, 1.82) is 0 Å². The Bertz CT molecular complexity index is 720. The van der Waals surface area contributed by atoms with E-state index >= 15 is 0 Å². The number of aromatic amines is 1. The maximum absolute atomic E-state index is 12.4. The minimum Gasteiger partial charge on any atom is -0.481 e. The molecule has 0 aliphatic heterocycles. The molecule has 1 aromatic rings. The van der Waals surface area contributed by atoms with Gasteiger partial charge in [0.15, 0.2) is 0 Å². The van der Waals surface area contributed by atoms with Crippen molar-refractivity contribution in [2.45, 2.75) is 37.9 Å². The fourth-order valence-corrected chi connectivity index (χ4v) is 2.11. The Morgan fingerprint density at radius 2 is 1.75 bits per heavy atom. The lowest BCUT2D eigenvalue weighted by Crippen LogP contribution is -2.56. The van der Waals surface area contributed by atoms with Gasteiger partial charge in [-0.2, -0.15) is 0 Å². The number of rotatable bonds is 11. The van der Waals surface area contributed by atoms with E-state index in [0.29, 0.717) is 5.69 Å². The highest BCUT2D eigenvalue weighted by Crippen LogP contribution is 2.02. The third kappa shape index (κ3) is 7.41. The zero-order chi connectivity index (χ0) is 21.3. The topological polar surface area (TPSA) is 217 Å². The number of amides is 3. The van der Waals surface area contributed by atoms with Gasteiger partial charge < -0.3 is 36.9 Å². The van der Waals surface area contributed by atoms with Crippen LogP contribution < -0.4 is 21.7 Å². The fraction of sp³-hybridized carbons (Fsp3) is 0.467. The minimum absolute atomic E-state index is 0.0749. The van der Waals surface area contributed by atoms with E-state index in [4.69, 9.17) is 15.9 Å². The quantitative estimate of drug-likeness (QED) is 0.201. The van der Waals surface area contributed by atoms with E-state index in [1.807, 2.05) is 0 Å². The van der Waals surface area contributed by atoms with Crippen LogP contribution in [0.2, 0.25) is 0 Å². The number of H-pyrrole nitrogens is 1. The molecule has 3 amide bonds. The molecule has 3 atom stereocenters. The van der Waals surface area contributed by atoms with Crippen LogP contribution in [0.15, 0.2) is 12.5 Å². The summed E-state index contributed by atoms with van der Waals surface area (Å²) in [4.78, 5) is 64.7. The van der Waals surface area contributed by atoms with Crippen LogP contribution in [-0.2, 0) is 30.4 Å². The number of imidazole rings is 1. The molecule has 0 fully saturated rings. The van der Waals surface area contributed by atoms with Crippen LogP contribution in [0.3, 0.4) is 0 Å². The van der Waals surface area contributed by atoms with Crippen molar-refractivity contribution >= 4 is 29.7 Å². The van der Waals surface area contributed by atoms with E-state index in [0.717, 1.165) is 0 Å². The summed E-state index contributed by atoms with van der Waals surface area (Å²) in [7, 11) is 0. The van der Waals surface area contributed by atoms with E-state index < -0.39 is 60.8 Å². The molecule has 8 N–H and O–H groups in total. The molecule has 0 aliphatic rings. The summed E-state index contributed by atoms with van der Waals surface area (Å²) in [6.45, 7) is 0.779. The van der Waals surface area contributed by atoms with Gasteiger partial charge in [-0.1, -0.05) is 0 Å². The zero-order valence-electron chi connectivity index (χ0n) is 15.0. The second-order valence-electron chi connectivity index (χ2n) is 5.83. The average Bonchev–Trinajstić information content (AvgIpc) is 3.12. The first-order chi connectivity index (χ1) is 13.1. The number of hydrogen-bond acceptors (Lipinski definition) is 7. The van der Waals surface area contributed by atoms with Gasteiger partial charge >= 0.3 is 11.9 Å². The number of hydrogen-bond donors (Lipinski definition) is 7. The highest BCUT2D eigenvalue weighted by molar-refractivity contribution is 5.95. The lowest BCUT2D eigenvalue weighted by Gasteiger charge is -2.23. The lowest BCUT2D eigenvalue weighted by molar-refractivity contribution is -0.142. The van der Waals surface area contributed by atoms with Crippen LogP contribution in [0.5, 0.6) is 0 Å². The van der Waals surface area contributed by atoms with Gasteiger partial charge in [0.25, 0.3) is 0 Å². The Morgan fingerprint density at radius 1 is 1.11 bits per heavy atom. The molecule has 0 radical (unpaired) electrons. The molecule has 0 spiro atoms. The molecule has 13 heteroatoms. The van der Waals surface area contributed by atoms with Crippen molar-refractivity contribution in [3.05, 3.63) is 18.2 Å². The molecule has 1 heterocycles.